The maximum atomic E-state index is 6.00. The summed E-state index contributed by atoms with van der Waals surface area (Å²) in [6.45, 7) is 1.96. The molecule has 142 valence electrons. The molecule has 5 rings (SSSR count). The van der Waals surface area contributed by atoms with Gasteiger partial charge in [-0.15, -0.1) is 0 Å². The molecular formula is C20H18ClN5O2. The summed E-state index contributed by atoms with van der Waals surface area (Å²) in [7, 11) is 0. The fourth-order valence-corrected chi connectivity index (χ4v) is 3.84. The molecule has 7 nitrogen and oxygen atoms in total. The summed E-state index contributed by atoms with van der Waals surface area (Å²) in [6, 6.07) is 7.61. The first-order valence-corrected chi connectivity index (χ1v) is 9.65. The zero-order valence-corrected chi connectivity index (χ0v) is 15.8. The van der Waals surface area contributed by atoms with Gasteiger partial charge in [-0.2, -0.15) is 4.98 Å². The fourth-order valence-electron chi connectivity index (χ4n) is 3.67. The number of aromatic nitrogens is 4. The van der Waals surface area contributed by atoms with Crippen molar-refractivity contribution in [3.8, 4) is 11.7 Å². The normalized spacial score (nSPS) is 15.4. The lowest BCUT2D eigenvalue weighted by atomic mass is 9.93. The van der Waals surface area contributed by atoms with Gasteiger partial charge in [-0.1, -0.05) is 16.8 Å². The van der Waals surface area contributed by atoms with Crippen LogP contribution in [0, 0.1) is 5.92 Å². The number of furan rings is 1. The number of nitrogens with zero attached hydrogens (tertiary/aromatic N) is 5. The van der Waals surface area contributed by atoms with Crippen LogP contribution in [0.4, 0.5) is 5.69 Å². The first-order valence-electron chi connectivity index (χ1n) is 9.27. The zero-order chi connectivity index (χ0) is 18.9. The van der Waals surface area contributed by atoms with E-state index in [9.17, 15) is 0 Å². The number of halogens is 1. The highest BCUT2D eigenvalue weighted by molar-refractivity contribution is 6.29. The highest BCUT2D eigenvalue weighted by atomic mass is 35.5. The van der Waals surface area contributed by atoms with Gasteiger partial charge in [0.15, 0.2) is 11.6 Å². The van der Waals surface area contributed by atoms with Crippen molar-refractivity contribution in [3.05, 3.63) is 53.8 Å². The number of hydrogen-bond acceptors (Lipinski definition) is 7. The predicted octanol–water partition coefficient (Wildman–Crippen LogP) is 4.39. The second-order valence-electron chi connectivity index (χ2n) is 7.01. The Morgan fingerprint density at radius 3 is 2.86 bits per heavy atom. The molecule has 0 bridgehead atoms. The van der Waals surface area contributed by atoms with E-state index in [4.69, 9.17) is 20.5 Å². The number of pyridine rings is 2. The molecule has 0 spiro atoms. The Bertz CT molecular complexity index is 1070. The first-order chi connectivity index (χ1) is 13.7. The van der Waals surface area contributed by atoms with Crippen molar-refractivity contribution in [2.75, 3.05) is 18.0 Å². The third-order valence-corrected chi connectivity index (χ3v) is 5.36. The summed E-state index contributed by atoms with van der Waals surface area (Å²) in [5.74, 6) is 2.24. The van der Waals surface area contributed by atoms with Gasteiger partial charge in [-0.05, 0) is 43.0 Å². The van der Waals surface area contributed by atoms with Gasteiger partial charge in [0.1, 0.15) is 10.7 Å². The van der Waals surface area contributed by atoms with Gasteiger partial charge >= 0.3 is 0 Å². The lowest BCUT2D eigenvalue weighted by Gasteiger charge is -2.33. The molecule has 0 radical (unpaired) electrons. The van der Waals surface area contributed by atoms with Gasteiger partial charge in [0, 0.05) is 49.2 Å². The summed E-state index contributed by atoms with van der Waals surface area (Å²) in [6.07, 6.45) is 8.14. The lowest BCUT2D eigenvalue weighted by molar-refractivity contribution is 0.376. The van der Waals surface area contributed by atoms with Gasteiger partial charge in [0.05, 0.1) is 0 Å². The van der Waals surface area contributed by atoms with Crippen LogP contribution in [0.3, 0.4) is 0 Å². The van der Waals surface area contributed by atoms with Gasteiger partial charge in [-0.3, -0.25) is 4.98 Å². The lowest BCUT2D eigenvalue weighted by Crippen LogP contribution is -2.34. The van der Waals surface area contributed by atoms with E-state index in [0.717, 1.165) is 54.8 Å². The Morgan fingerprint density at radius 2 is 2.04 bits per heavy atom. The van der Waals surface area contributed by atoms with Gasteiger partial charge in [-0.25, -0.2) is 4.98 Å². The van der Waals surface area contributed by atoms with E-state index in [1.165, 1.54) is 0 Å². The molecule has 4 aromatic rings. The smallest absolute Gasteiger partial charge is 0.293 e. The number of fused-ring (bicyclic) bond motifs is 1. The molecule has 0 aromatic carbocycles. The maximum absolute atomic E-state index is 6.00. The molecule has 28 heavy (non-hydrogen) atoms. The van der Waals surface area contributed by atoms with Crippen LogP contribution in [0.1, 0.15) is 18.7 Å². The van der Waals surface area contributed by atoms with Crippen molar-refractivity contribution in [3.63, 3.8) is 0 Å². The molecule has 1 aliphatic heterocycles. The summed E-state index contributed by atoms with van der Waals surface area (Å²) >= 11 is 6.00. The third kappa shape index (κ3) is 3.45. The zero-order valence-electron chi connectivity index (χ0n) is 15.1. The third-order valence-electron chi connectivity index (χ3n) is 5.16. The first kappa shape index (κ1) is 17.2. The standard InChI is InChI=1S/C20H18ClN5O2/c21-18-11-15(1-6-23-18)26-7-3-13(4-8-26)9-19-24-20(28-25-19)17-10-14-12-22-5-2-16(14)27-17/h1-2,5-6,10-13H,3-4,7-9H2. The van der Waals surface area contributed by atoms with Crippen LogP contribution in [0.5, 0.6) is 0 Å². The molecule has 8 heteroatoms. The van der Waals surface area contributed by atoms with Crippen LogP contribution in [-0.2, 0) is 6.42 Å². The largest absolute Gasteiger partial charge is 0.451 e. The van der Waals surface area contributed by atoms with Crippen LogP contribution in [0.15, 0.2) is 51.8 Å². The van der Waals surface area contributed by atoms with Gasteiger partial charge in [0.25, 0.3) is 5.89 Å². The van der Waals surface area contributed by atoms with Crippen molar-refractivity contribution in [2.24, 2.45) is 5.92 Å². The monoisotopic (exact) mass is 395 g/mol. The Morgan fingerprint density at radius 1 is 1.14 bits per heavy atom. The van der Waals surface area contributed by atoms with Gasteiger partial charge in [0.2, 0.25) is 0 Å². The molecule has 0 atom stereocenters. The second kappa shape index (κ2) is 7.24. The van der Waals surface area contributed by atoms with E-state index in [1.807, 2.05) is 24.3 Å². The Balaban J connectivity index is 1.23. The van der Waals surface area contributed by atoms with Crippen LogP contribution >= 0.6 is 11.6 Å². The molecule has 5 heterocycles. The van der Waals surface area contributed by atoms with Crippen molar-refractivity contribution in [1.29, 1.82) is 0 Å². The molecule has 0 unspecified atom stereocenters. The number of anilines is 1. The van der Waals surface area contributed by atoms with Crippen molar-refractivity contribution in [1.82, 2.24) is 20.1 Å². The quantitative estimate of drug-likeness (QED) is 0.474. The highest BCUT2D eigenvalue weighted by Crippen LogP contribution is 2.28. The summed E-state index contributed by atoms with van der Waals surface area (Å²) in [4.78, 5) is 15.0. The summed E-state index contributed by atoms with van der Waals surface area (Å²) < 4.78 is 11.2. The van der Waals surface area contributed by atoms with Crippen LogP contribution in [0.2, 0.25) is 5.15 Å². The summed E-state index contributed by atoms with van der Waals surface area (Å²) in [5.41, 5.74) is 1.88. The van der Waals surface area contributed by atoms with Crippen LogP contribution in [-0.4, -0.2) is 33.2 Å². The van der Waals surface area contributed by atoms with E-state index in [-0.39, 0.29) is 0 Å². The molecule has 4 aromatic heterocycles. The Labute approximate surface area is 166 Å². The molecule has 1 saturated heterocycles. The van der Waals surface area contributed by atoms with E-state index >= 15 is 0 Å². The molecule has 0 amide bonds. The van der Waals surface area contributed by atoms with E-state index in [2.05, 4.69) is 25.0 Å². The SMILES string of the molecule is Clc1cc(N2CCC(Cc3noc(-c4cc5cnccc5o4)n3)CC2)ccn1. The average molecular weight is 396 g/mol. The number of rotatable bonds is 4. The maximum Gasteiger partial charge on any atom is 0.293 e. The molecule has 1 aliphatic rings. The minimum atomic E-state index is 0.412. The minimum absolute atomic E-state index is 0.412. The van der Waals surface area contributed by atoms with E-state index < -0.39 is 0 Å². The Hall–Kier alpha value is -2.93. The highest BCUT2D eigenvalue weighted by Gasteiger charge is 2.22. The summed E-state index contributed by atoms with van der Waals surface area (Å²) in [5, 5.41) is 5.59. The van der Waals surface area contributed by atoms with Crippen molar-refractivity contribution in [2.45, 2.75) is 19.3 Å². The molecule has 0 saturated carbocycles. The molecule has 0 N–H and O–H groups in total. The topological polar surface area (TPSA) is 81.1 Å². The van der Waals surface area contributed by atoms with Crippen molar-refractivity contribution < 1.29 is 8.94 Å². The average Bonchev–Trinajstić information content (AvgIpc) is 3.35. The Kier molecular flexibility index (Phi) is 4.44. The molecule has 0 aliphatic carbocycles. The van der Waals surface area contributed by atoms with Crippen LogP contribution in [0.25, 0.3) is 22.6 Å². The number of piperidine rings is 1. The number of hydrogen-bond donors (Lipinski definition) is 0. The fraction of sp³-hybridized carbons (Fsp3) is 0.300. The van der Waals surface area contributed by atoms with Crippen molar-refractivity contribution >= 4 is 28.3 Å². The van der Waals surface area contributed by atoms with E-state index in [0.29, 0.717) is 22.7 Å². The molecular weight excluding hydrogens is 378 g/mol. The minimum Gasteiger partial charge on any atom is -0.451 e. The van der Waals surface area contributed by atoms with Crippen LogP contribution < -0.4 is 4.90 Å². The van der Waals surface area contributed by atoms with E-state index in [1.54, 1.807) is 18.6 Å². The van der Waals surface area contributed by atoms with Gasteiger partial charge < -0.3 is 13.8 Å². The molecule has 1 fully saturated rings. The predicted molar refractivity (Wildman–Crippen MR) is 105 cm³/mol. The second-order valence-corrected chi connectivity index (χ2v) is 7.40.